The molecule has 0 aliphatic heterocycles. The zero-order chi connectivity index (χ0) is 10.6. The van der Waals surface area contributed by atoms with Gasteiger partial charge in [-0.25, -0.2) is 0 Å². The van der Waals surface area contributed by atoms with E-state index in [1.165, 1.54) is 21.8 Å². The molecule has 78 valence electrons. The minimum Gasteiger partial charge on any atom is -0.395 e. The molecule has 1 rings (SSSR count). The van der Waals surface area contributed by atoms with Crippen molar-refractivity contribution in [1.82, 2.24) is 5.32 Å². The highest BCUT2D eigenvalue weighted by atomic mass is 32.1. The van der Waals surface area contributed by atoms with Crippen LogP contribution in [0.3, 0.4) is 0 Å². The average molecular weight is 213 g/mol. The number of carbonyl (C=O) groups is 1. The number of aliphatic hydroxyl groups excluding tert-OH is 1. The number of aliphatic hydroxyl groups is 1. The fraction of sp³-hybridized carbons (Fsp3) is 0.500. The molecule has 0 spiro atoms. The number of amides is 1. The van der Waals surface area contributed by atoms with E-state index in [2.05, 4.69) is 12.2 Å². The maximum atomic E-state index is 11.5. The van der Waals surface area contributed by atoms with Crippen LogP contribution in [0.1, 0.15) is 27.0 Å². The van der Waals surface area contributed by atoms with Gasteiger partial charge in [-0.05, 0) is 25.0 Å². The molecule has 1 aromatic heterocycles. The van der Waals surface area contributed by atoms with Crippen LogP contribution in [0.2, 0.25) is 0 Å². The van der Waals surface area contributed by atoms with Crippen molar-refractivity contribution in [2.24, 2.45) is 0 Å². The first-order chi connectivity index (χ1) is 6.69. The largest absolute Gasteiger partial charge is 0.395 e. The lowest BCUT2D eigenvalue weighted by atomic mass is 10.2. The molecule has 14 heavy (non-hydrogen) atoms. The second-order valence-electron chi connectivity index (χ2n) is 3.05. The van der Waals surface area contributed by atoms with E-state index in [-0.39, 0.29) is 12.5 Å². The molecule has 0 aliphatic carbocycles. The molecule has 0 aromatic carbocycles. The van der Waals surface area contributed by atoms with Gasteiger partial charge in [-0.3, -0.25) is 4.79 Å². The van der Waals surface area contributed by atoms with E-state index in [4.69, 9.17) is 5.11 Å². The number of carbonyl (C=O) groups excluding carboxylic acids is 1. The monoisotopic (exact) mass is 213 g/mol. The molecule has 0 fully saturated rings. The van der Waals surface area contributed by atoms with Gasteiger partial charge >= 0.3 is 0 Å². The topological polar surface area (TPSA) is 49.3 Å². The first-order valence-electron chi connectivity index (χ1n) is 4.67. The van der Waals surface area contributed by atoms with Gasteiger partial charge in [0.25, 0.3) is 5.91 Å². The quantitative estimate of drug-likeness (QED) is 0.793. The van der Waals surface area contributed by atoms with Crippen molar-refractivity contribution in [2.75, 3.05) is 13.2 Å². The van der Waals surface area contributed by atoms with Gasteiger partial charge in [0.1, 0.15) is 0 Å². The van der Waals surface area contributed by atoms with Crippen LogP contribution in [0.15, 0.2) is 6.07 Å². The van der Waals surface area contributed by atoms with Gasteiger partial charge in [0, 0.05) is 11.4 Å². The molecule has 0 saturated heterocycles. The fourth-order valence-electron chi connectivity index (χ4n) is 1.24. The number of rotatable bonds is 4. The molecular weight excluding hydrogens is 198 g/mol. The highest BCUT2D eigenvalue weighted by Crippen LogP contribution is 2.21. The lowest BCUT2D eigenvalue weighted by Crippen LogP contribution is -2.25. The van der Waals surface area contributed by atoms with E-state index in [1.807, 2.05) is 13.0 Å². The van der Waals surface area contributed by atoms with Crippen LogP contribution in [0.5, 0.6) is 0 Å². The fourth-order valence-corrected chi connectivity index (χ4v) is 2.27. The van der Waals surface area contributed by atoms with Crippen LogP contribution in [0.4, 0.5) is 0 Å². The van der Waals surface area contributed by atoms with Crippen LogP contribution in [0, 0.1) is 6.92 Å². The molecule has 4 heteroatoms. The maximum Gasteiger partial charge on any atom is 0.261 e. The summed E-state index contributed by atoms with van der Waals surface area (Å²) in [5.74, 6) is -0.0909. The molecule has 0 atom stereocenters. The molecular formula is C10H15NO2S. The molecule has 0 unspecified atom stereocenters. The van der Waals surface area contributed by atoms with Crippen LogP contribution in [-0.4, -0.2) is 24.2 Å². The lowest BCUT2D eigenvalue weighted by Gasteiger charge is -1.98. The first-order valence-corrected chi connectivity index (χ1v) is 5.49. The van der Waals surface area contributed by atoms with Gasteiger partial charge in [0.15, 0.2) is 0 Å². The zero-order valence-electron chi connectivity index (χ0n) is 8.46. The third-order valence-electron chi connectivity index (χ3n) is 1.96. The molecule has 1 heterocycles. The van der Waals surface area contributed by atoms with Gasteiger partial charge in [0.05, 0.1) is 11.5 Å². The summed E-state index contributed by atoms with van der Waals surface area (Å²) in [6.45, 7) is 4.39. The molecule has 0 bridgehead atoms. The Morgan fingerprint density at radius 1 is 1.64 bits per heavy atom. The predicted molar refractivity (Wildman–Crippen MR) is 57.9 cm³/mol. The van der Waals surface area contributed by atoms with Crippen LogP contribution < -0.4 is 5.32 Å². The van der Waals surface area contributed by atoms with Gasteiger partial charge < -0.3 is 10.4 Å². The Kier molecular flexibility index (Phi) is 4.10. The normalized spacial score (nSPS) is 10.2. The minimum absolute atomic E-state index is 0.0171. The highest BCUT2D eigenvalue weighted by Gasteiger charge is 2.10. The summed E-state index contributed by atoms with van der Waals surface area (Å²) < 4.78 is 0. The van der Waals surface area contributed by atoms with Crippen molar-refractivity contribution in [3.63, 3.8) is 0 Å². The summed E-state index contributed by atoms with van der Waals surface area (Å²) in [7, 11) is 0. The molecule has 3 nitrogen and oxygen atoms in total. The summed E-state index contributed by atoms with van der Waals surface area (Å²) >= 11 is 1.52. The number of hydrogen-bond acceptors (Lipinski definition) is 3. The molecule has 0 saturated carbocycles. The third kappa shape index (κ3) is 2.56. The maximum absolute atomic E-state index is 11.5. The number of hydrogen-bond donors (Lipinski definition) is 2. The van der Waals surface area contributed by atoms with Gasteiger partial charge in [-0.1, -0.05) is 6.92 Å². The van der Waals surface area contributed by atoms with E-state index >= 15 is 0 Å². The van der Waals surface area contributed by atoms with E-state index in [1.54, 1.807) is 0 Å². The Morgan fingerprint density at radius 3 is 2.86 bits per heavy atom. The lowest BCUT2D eigenvalue weighted by molar-refractivity contribution is 0.0949. The smallest absolute Gasteiger partial charge is 0.261 e. The zero-order valence-corrected chi connectivity index (χ0v) is 9.28. The van der Waals surface area contributed by atoms with Crippen molar-refractivity contribution in [1.29, 1.82) is 0 Å². The van der Waals surface area contributed by atoms with Gasteiger partial charge in [-0.2, -0.15) is 0 Å². The molecule has 1 amide bonds. The summed E-state index contributed by atoms with van der Waals surface area (Å²) in [5, 5.41) is 11.2. The Balaban J connectivity index is 2.70. The molecule has 0 aliphatic rings. The predicted octanol–water partition coefficient (Wildman–Crippen LogP) is 1.34. The number of aryl methyl sites for hydroxylation is 2. The van der Waals surface area contributed by atoms with Crippen molar-refractivity contribution >= 4 is 17.2 Å². The Hall–Kier alpha value is -0.870. The highest BCUT2D eigenvalue weighted by molar-refractivity contribution is 7.14. The van der Waals surface area contributed by atoms with Crippen LogP contribution in [0.25, 0.3) is 0 Å². The first kappa shape index (κ1) is 11.2. The molecule has 1 aromatic rings. The standard InChI is InChI=1S/C10H15NO2S/c1-3-8-7(2)6-9(14-8)10(13)11-4-5-12/h6,12H,3-5H2,1-2H3,(H,11,13). The van der Waals surface area contributed by atoms with E-state index in [0.717, 1.165) is 11.3 Å². The van der Waals surface area contributed by atoms with Gasteiger partial charge in [-0.15, -0.1) is 11.3 Å². The summed E-state index contributed by atoms with van der Waals surface area (Å²) in [6, 6.07) is 1.90. The minimum atomic E-state index is -0.0909. The van der Waals surface area contributed by atoms with Crippen molar-refractivity contribution in [3.05, 3.63) is 21.4 Å². The van der Waals surface area contributed by atoms with Crippen molar-refractivity contribution in [2.45, 2.75) is 20.3 Å². The van der Waals surface area contributed by atoms with Crippen LogP contribution in [-0.2, 0) is 6.42 Å². The van der Waals surface area contributed by atoms with Crippen molar-refractivity contribution < 1.29 is 9.90 Å². The summed E-state index contributed by atoms with van der Waals surface area (Å²) in [4.78, 5) is 13.5. The Labute approximate surface area is 87.8 Å². The van der Waals surface area contributed by atoms with E-state index in [0.29, 0.717) is 6.54 Å². The van der Waals surface area contributed by atoms with E-state index < -0.39 is 0 Å². The molecule has 0 radical (unpaired) electrons. The number of thiophene rings is 1. The van der Waals surface area contributed by atoms with Crippen LogP contribution >= 0.6 is 11.3 Å². The Morgan fingerprint density at radius 2 is 2.36 bits per heavy atom. The Bertz CT molecular complexity index is 320. The SMILES string of the molecule is CCc1sc(C(=O)NCCO)cc1C. The molecule has 2 N–H and O–H groups in total. The summed E-state index contributed by atoms with van der Waals surface area (Å²) in [6.07, 6.45) is 0.962. The average Bonchev–Trinajstić information content (AvgIpc) is 2.56. The van der Waals surface area contributed by atoms with Crippen molar-refractivity contribution in [3.8, 4) is 0 Å². The van der Waals surface area contributed by atoms with Gasteiger partial charge in [0.2, 0.25) is 0 Å². The van der Waals surface area contributed by atoms with E-state index in [9.17, 15) is 4.79 Å². The second-order valence-corrected chi connectivity index (χ2v) is 4.19. The third-order valence-corrected chi connectivity index (χ3v) is 3.34. The second kappa shape index (κ2) is 5.12. The summed E-state index contributed by atoms with van der Waals surface area (Å²) in [5.41, 5.74) is 1.17. The number of nitrogens with one attached hydrogen (secondary N) is 1.